The predicted molar refractivity (Wildman–Crippen MR) is 42.4 cm³/mol. The fourth-order valence-corrected chi connectivity index (χ4v) is 2.63. The lowest BCUT2D eigenvalue weighted by Gasteiger charge is -2.20. The van der Waals surface area contributed by atoms with Crippen LogP contribution in [0.4, 0.5) is 0 Å². The van der Waals surface area contributed by atoms with Gasteiger partial charge in [-0.1, -0.05) is 6.42 Å². The number of nitrogens with one attached hydrogen (secondary N) is 1. The first kappa shape index (κ1) is 7.22. The molecule has 62 valence electrons. The molecule has 0 radical (unpaired) electrons. The molecule has 1 N–H and O–H groups in total. The maximum Gasteiger partial charge on any atom is 0.123 e. The summed E-state index contributed by atoms with van der Waals surface area (Å²) in [6, 6.07) is 0.745. The molecule has 2 aliphatic rings. The average Bonchev–Trinajstić information content (AvgIpc) is 2.53. The van der Waals surface area contributed by atoms with E-state index in [4.69, 9.17) is 5.53 Å². The van der Waals surface area contributed by atoms with Crippen molar-refractivity contribution in [2.24, 2.45) is 11.0 Å². The molecule has 0 aromatic carbocycles. The first-order valence-corrected chi connectivity index (χ1v) is 4.41. The van der Waals surface area contributed by atoms with Gasteiger partial charge in [0.25, 0.3) is 0 Å². The van der Waals surface area contributed by atoms with Gasteiger partial charge in [-0.05, 0) is 32.2 Å². The van der Waals surface area contributed by atoms with Crippen LogP contribution in [0, 0.1) is 11.4 Å². The molecule has 0 bridgehead atoms. The molecule has 0 aromatic rings. The highest BCUT2D eigenvalue weighted by molar-refractivity contribution is 4.93. The quantitative estimate of drug-likeness (QED) is 0.574. The standard InChI is InChI=1S/C8H15N3/c1-11-7-4-2-3-6(7)5-8(11)10-9/h6-9H,2-5H2,1H3. The Morgan fingerprint density at radius 3 is 2.91 bits per heavy atom. The van der Waals surface area contributed by atoms with Crippen molar-refractivity contribution >= 4 is 0 Å². The highest BCUT2D eigenvalue weighted by atomic mass is 15.3. The zero-order valence-corrected chi connectivity index (χ0v) is 6.95. The van der Waals surface area contributed by atoms with Gasteiger partial charge in [0.05, 0.1) is 0 Å². The Kier molecular flexibility index (Phi) is 1.68. The largest absolute Gasteiger partial charge is 0.280 e. The molecule has 11 heavy (non-hydrogen) atoms. The van der Waals surface area contributed by atoms with Crippen molar-refractivity contribution in [3.05, 3.63) is 0 Å². The predicted octanol–water partition coefficient (Wildman–Crippen LogP) is 1.85. The van der Waals surface area contributed by atoms with Crippen LogP contribution < -0.4 is 0 Å². The molecule has 2 rings (SSSR count). The summed E-state index contributed by atoms with van der Waals surface area (Å²) in [6.07, 6.45) is 5.40. The van der Waals surface area contributed by atoms with Crippen molar-refractivity contribution < 1.29 is 0 Å². The zero-order valence-electron chi connectivity index (χ0n) is 6.95. The second kappa shape index (κ2) is 2.55. The van der Waals surface area contributed by atoms with Crippen LogP contribution in [0.5, 0.6) is 0 Å². The smallest absolute Gasteiger partial charge is 0.123 e. The number of fused-ring (bicyclic) bond motifs is 1. The van der Waals surface area contributed by atoms with Gasteiger partial charge in [0.2, 0.25) is 0 Å². The third-order valence-electron chi connectivity index (χ3n) is 3.27. The highest BCUT2D eigenvalue weighted by Gasteiger charge is 2.41. The minimum absolute atomic E-state index is 0.199. The molecule has 2 fully saturated rings. The van der Waals surface area contributed by atoms with Crippen LogP contribution in [0.3, 0.4) is 0 Å². The Balaban J connectivity index is 2.09. The number of rotatable bonds is 1. The van der Waals surface area contributed by atoms with Gasteiger partial charge in [0.1, 0.15) is 6.17 Å². The van der Waals surface area contributed by atoms with Crippen molar-refractivity contribution in [1.29, 1.82) is 5.53 Å². The molecular formula is C8H15N3. The van der Waals surface area contributed by atoms with E-state index in [9.17, 15) is 0 Å². The SMILES string of the molecule is CN1C(N=N)CC2CCCC21. The summed E-state index contributed by atoms with van der Waals surface area (Å²) in [4.78, 5) is 2.28. The highest BCUT2D eigenvalue weighted by Crippen LogP contribution is 2.40. The molecule has 3 nitrogen and oxygen atoms in total. The number of hydrogen-bond donors (Lipinski definition) is 1. The first-order valence-electron chi connectivity index (χ1n) is 4.41. The summed E-state index contributed by atoms with van der Waals surface area (Å²) in [6.45, 7) is 0. The van der Waals surface area contributed by atoms with E-state index in [0.717, 1.165) is 18.4 Å². The van der Waals surface area contributed by atoms with Crippen LogP contribution in [0.25, 0.3) is 0 Å². The minimum atomic E-state index is 0.199. The van der Waals surface area contributed by atoms with Crippen molar-refractivity contribution in [2.45, 2.75) is 37.9 Å². The minimum Gasteiger partial charge on any atom is -0.280 e. The normalized spacial score (nSPS) is 44.3. The van der Waals surface area contributed by atoms with E-state index in [2.05, 4.69) is 17.1 Å². The monoisotopic (exact) mass is 153 g/mol. The molecule has 0 amide bonds. The van der Waals surface area contributed by atoms with Crippen molar-refractivity contribution in [3.63, 3.8) is 0 Å². The maximum absolute atomic E-state index is 6.99. The molecule has 3 unspecified atom stereocenters. The van der Waals surface area contributed by atoms with Crippen LogP contribution in [0.1, 0.15) is 25.7 Å². The van der Waals surface area contributed by atoms with Gasteiger partial charge in [0, 0.05) is 6.04 Å². The summed E-state index contributed by atoms with van der Waals surface area (Å²) in [5.74, 6) is 0.846. The Hall–Kier alpha value is -0.440. The van der Waals surface area contributed by atoms with Crippen LogP contribution in [-0.4, -0.2) is 24.2 Å². The summed E-state index contributed by atoms with van der Waals surface area (Å²) >= 11 is 0. The Bertz CT molecular complexity index is 169. The maximum atomic E-state index is 6.99. The van der Waals surface area contributed by atoms with Crippen molar-refractivity contribution in [2.75, 3.05) is 7.05 Å². The van der Waals surface area contributed by atoms with Gasteiger partial charge < -0.3 is 0 Å². The van der Waals surface area contributed by atoms with E-state index in [0.29, 0.717) is 0 Å². The van der Waals surface area contributed by atoms with Gasteiger partial charge >= 0.3 is 0 Å². The Morgan fingerprint density at radius 1 is 1.45 bits per heavy atom. The molecule has 1 heterocycles. The second-order valence-corrected chi connectivity index (χ2v) is 3.77. The fraction of sp³-hybridized carbons (Fsp3) is 1.00. The molecule has 1 saturated carbocycles. The molecule has 3 atom stereocenters. The number of likely N-dealkylation sites (tertiary alicyclic amines) is 1. The summed E-state index contributed by atoms with van der Waals surface area (Å²) in [5, 5.41) is 3.63. The van der Waals surface area contributed by atoms with Gasteiger partial charge in [0.15, 0.2) is 0 Å². The molecule has 1 aliphatic heterocycles. The number of nitrogens with zero attached hydrogens (tertiary/aromatic N) is 2. The van der Waals surface area contributed by atoms with Crippen molar-refractivity contribution in [1.82, 2.24) is 4.90 Å². The van der Waals surface area contributed by atoms with Gasteiger partial charge in [-0.25, -0.2) is 5.53 Å². The lowest BCUT2D eigenvalue weighted by molar-refractivity contribution is 0.231. The molecular weight excluding hydrogens is 138 g/mol. The summed E-state index contributed by atoms with van der Waals surface area (Å²) in [5.41, 5.74) is 6.99. The third-order valence-corrected chi connectivity index (χ3v) is 3.27. The summed E-state index contributed by atoms with van der Waals surface area (Å²) in [7, 11) is 2.11. The van der Waals surface area contributed by atoms with E-state index in [1.54, 1.807) is 0 Å². The van der Waals surface area contributed by atoms with Crippen molar-refractivity contribution in [3.8, 4) is 0 Å². The van der Waals surface area contributed by atoms with Gasteiger partial charge in [-0.15, -0.1) is 0 Å². The Morgan fingerprint density at radius 2 is 2.27 bits per heavy atom. The van der Waals surface area contributed by atoms with E-state index in [1.807, 2.05) is 0 Å². The molecule has 3 heteroatoms. The van der Waals surface area contributed by atoms with Gasteiger partial charge in [-0.2, -0.15) is 5.11 Å². The molecule has 0 spiro atoms. The average molecular weight is 153 g/mol. The first-order chi connectivity index (χ1) is 5.33. The van der Waals surface area contributed by atoms with E-state index in [1.165, 1.54) is 19.3 Å². The zero-order chi connectivity index (χ0) is 7.84. The molecule has 0 aromatic heterocycles. The topological polar surface area (TPSA) is 39.5 Å². The second-order valence-electron chi connectivity index (χ2n) is 3.77. The lowest BCUT2D eigenvalue weighted by atomic mass is 10.0. The Labute approximate surface area is 67.3 Å². The van der Waals surface area contributed by atoms with Crippen LogP contribution in [-0.2, 0) is 0 Å². The van der Waals surface area contributed by atoms with E-state index < -0.39 is 0 Å². The van der Waals surface area contributed by atoms with Crippen LogP contribution >= 0.6 is 0 Å². The third kappa shape index (κ3) is 0.984. The summed E-state index contributed by atoms with van der Waals surface area (Å²) < 4.78 is 0. The molecule has 1 aliphatic carbocycles. The van der Waals surface area contributed by atoms with Crippen LogP contribution in [0.15, 0.2) is 5.11 Å². The van der Waals surface area contributed by atoms with E-state index >= 15 is 0 Å². The fourth-order valence-electron chi connectivity index (χ4n) is 2.63. The van der Waals surface area contributed by atoms with Crippen LogP contribution in [0.2, 0.25) is 0 Å². The van der Waals surface area contributed by atoms with E-state index in [-0.39, 0.29) is 6.17 Å². The molecule has 1 saturated heterocycles. The van der Waals surface area contributed by atoms with Gasteiger partial charge in [-0.3, -0.25) is 4.90 Å². The lowest BCUT2D eigenvalue weighted by Crippen LogP contribution is -2.30. The number of hydrogen-bond acceptors (Lipinski definition) is 3.